The molecule has 0 unspecified atom stereocenters. The SMILES string of the molecule is Cc1ccc(C)c(NC(=O)Cc2nc(COC(=O)C3(c4ccc(F)cc4)CCCC3)cs2)c1. The third-order valence-corrected chi connectivity index (χ3v) is 7.07. The summed E-state index contributed by atoms with van der Waals surface area (Å²) in [4.78, 5) is 30.0. The van der Waals surface area contributed by atoms with Crippen LogP contribution in [0.15, 0.2) is 47.8 Å². The zero-order chi connectivity index (χ0) is 23.4. The average Bonchev–Trinajstić information content (AvgIpc) is 3.46. The molecule has 0 radical (unpaired) electrons. The Balaban J connectivity index is 1.36. The minimum Gasteiger partial charge on any atom is -0.458 e. The standard InChI is InChI=1S/C26H27FN2O3S/c1-17-5-6-18(2)22(13-17)29-23(30)14-24-28-21(16-33-24)15-32-25(31)26(11-3-4-12-26)19-7-9-20(27)10-8-19/h5-10,13,16H,3-4,11-12,14-15H2,1-2H3,(H,29,30). The first-order valence-corrected chi connectivity index (χ1v) is 12.0. The molecule has 0 atom stereocenters. The first-order valence-electron chi connectivity index (χ1n) is 11.1. The second-order valence-electron chi connectivity index (χ2n) is 8.65. The molecule has 0 bridgehead atoms. The lowest BCUT2D eigenvalue weighted by Gasteiger charge is -2.27. The molecule has 0 aliphatic heterocycles. The van der Waals surface area contributed by atoms with Gasteiger partial charge in [-0.3, -0.25) is 9.59 Å². The Kier molecular flexibility index (Phi) is 6.88. The second kappa shape index (κ2) is 9.83. The predicted octanol–water partition coefficient (Wildman–Crippen LogP) is 5.64. The van der Waals surface area contributed by atoms with Crippen LogP contribution in [0.1, 0.15) is 53.1 Å². The topological polar surface area (TPSA) is 68.3 Å². The molecule has 1 aromatic heterocycles. The minimum absolute atomic E-state index is 0.0525. The van der Waals surface area contributed by atoms with Crippen molar-refractivity contribution in [1.82, 2.24) is 4.98 Å². The van der Waals surface area contributed by atoms with Gasteiger partial charge in [0.25, 0.3) is 0 Å². The fourth-order valence-electron chi connectivity index (χ4n) is 4.33. The summed E-state index contributed by atoms with van der Waals surface area (Å²) >= 11 is 1.37. The number of rotatable bonds is 7. The van der Waals surface area contributed by atoms with Gasteiger partial charge in [0, 0.05) is 11.1 Å². The Labute approximate surface area is 197 Å². The number of nitrogens with zero attached hydrogens (tertiary/aromatic N) is 1. The fraction of sp³-hybridized carbons (Fsp3) is 0.346. The summed E-state index contributed by atoms with van der Waals surface area (Å²) in [6.07, 6.45) is 3.41. The van der Waals surface area contributed by atoms with Gasteiger partial charge in [-0.25, -0.2) is 9.37 Å². The van der Waals surface area contributed by atoms with Gasteiger partial charge in [0.05, 0.1) is 17.5 Å². The monoisotopic (exact) mass is 466 g/mol. The number of nitrogens with one attached hydrogen (secondary N) is 1. The van der Waals surface area contributed by atoms with Gasteiger partial charge >= 0.3 is 5.97 Å². The summed E-state index contributed by atoms with van der Waals surface area (Å²) in [6.45, 7) is 3.99. The molecule has 1 N–H and O–H groups in total. The highest BCUT2D eigenvalue weighted by Gasteiger charge is 2.44. The van der Waals surface area contributed by atoms with Crippen LogP contribution in [-0.4, -0.2) is 16.9 Å². The van der Waals surface area contributed by atoms with Crippen molar-refractivity contribution in [2.24, 2.45) is 0 Å². The largest absolute Gasteiger partial charge is 0.458 e. The first kappa shape index (κ1) is 23.1. The minimum atomic E-state index is -0.724. The second-order valence-corrected chi connectivity index (χ2v) is 9.59. The molecule has 172 valence electrons. The molecule has 0 spiro atoms. The summed E-state index contributed by atoms with van der Waals surface area (Å²) in [5.41, 5.74) is 3.58. The summed E-state index contributed by atoms with van der Waals surface area (Å²) < 4.78 is 19.0. The lowest BCUT2D eigenvalue weighted by atomic mass is 9.79. The molecule has 1 fully saturated rings. The number of carbonyl (C=O) groups excluding carboxylic acids is 2. The molecule has 5 nitrogen and oxygen atoms in total. The fourth-order valence-corrected chi connectivity index (χ4v) is 5.11. The van der Waals surface area contributed by atoms with Crippen LogP contribution in [0, 0.1) is 19.7 Å². The van der Waals surface area contributed by atoms with Gasteiger partial charge in [0.15, 0.2) is 0 Å². The molecular formula is C26H27FN2O3S. The van der Waals surface area contributed by atoms with Crippen LogP contribution in [0.2, 0.25) is 0 Å². The van der Waals surface area contributed by atoms with E-state index in [0.717, 1.165) is 35.2 Å². The molecule has 1 aliphatic carbocycles. The highest BCUT2D eigenvalue weighted by Crippen LogP contribution is 2.42. The highest BCUT2D eigenvalue weighted by molar-refractivity contribution is 7.09. The number of ether oxygens (including phenoxy) is 1. The number of aryl methyl sites for hydroxylation is 2. The normalized spacial score (nSPS) is 14.8. The number of aromatic nitrogens is 1. The number of thiazole rings is 1. The van der Waals surface area contributed by atoms with Crippen LogP contribution in [0.25, 0.3) is 0 Å². The first-order chi connectivity index (χ1) is 15.9. The van der Waals surface area contributed by atoms with Gasteiger partial charge in [-0.1, -0.05) is 37.1 Å². The zero-order valence-electron chi connectivity index (χ0n) is 18.8. The van der Waals surface area contributed by atoms with Crippen LogP contribution < -0.4 is 5.32 Å². The van der Waals surface area contributed by atoms with Crippen LogP contribution in [0.3, 0.4) is 0 Å². The molecule has 1 amide bonds. The van der Waals surface area contributed by atoms with Crippen molar-refractivity contribution in [3.8, 4) is 0 Å². The number of esters is 1. The van der Waals surface area contributed by atoms with Crippen LogP contribution in [0.5, 0.6) is 0 Å². The van der Waals surface area contributed by atoms with Crippen LogP contribution >= 0.6 is 11.3 Å². The van der Waals surface area contributed by atoms with E-state index in [0.29, 0.717) is 23.5 Å². The van der Waals surface area contributed by atoms with Gasteiger partial charge in [-0.2, -0.15) is 0 Å². The van der Waals surface area contributed by atoms with Gasteiger partial charge < -0.3 is 10.1 Å². The molecule has 1 heterocycles. The molecule has 4 rings (SSSR count). The maximum absolute atomic E-state index is 13.4. The van der Waals surface area contributed by atoms with Crippen molar-refractivity contribution in [2.45, 2.75) is 58.0 Å². The number of hydrogen-bond acceptors (Lipinski definition) is 5. The van der Waals surface area contributed by atoms with E-state index in [1.54, 1.807) is 12.1 Å². The number of anilines is 1. The quantitative estimate of drug-likeness (QED) is 0.458. The van der Waals surface area contributed by atoms with E-state index in [4.69, 9.17) is 4.74 Å². The molecular weight excluding hydrogens is 439 g/mol. The van der Waals surface area contributed by atoms with E-state index in [1.807, 2.05) is 37.4 Å². The molecule has 1 aliphatic rings. The lowest BCUT2D eigenvalue weighted by molar-refractivity contribution is -0.152. The van der Waals surface area contributed by atoms with E-state index < -0.39 is 5.41 Å². The smallest absolute Gasteiger partial charge is 0.316 e. The van der Waals surface area contributed by atoms with E-state index >= 15 is 0 Å². The number of amides is 1. The van der Waals surface area contributed by atoms with Crippen molar-refractivity contribution in [3.63, 3.8) is 0 Å². The Hall–Kier alpha value is -3.06. The summed E-state index contributed by atoms with van der Waals surface area (Å²) in [5, 5.41) is 5.42. The molecule has 3 aromatic rings. The molecule has 1 saturated carbocycles. The van der Waals surface area contributed by atoms with Gasteiger partial charge in [-0.15, -0.1) is 11.3 Å². The van der Waals surface area contributed by atoms with Gasteiger partial charge in [-0.05, 0) is 61.6 Å². The average molecular weight is 467 g/mol. The maximum Gasteiger partial charge on any atom is 0.316 e. The van der Waals surface area contributed by atoms with Crippen molar-refractivity contribution in [1.29, 1.82) is 0 Å². The Morgan fingerprint density at radius 1 is 1.12 bits per heavy atom. The zero-order valence-corrected chi connectivity index (χ0v) is 19.6. The number of carbonyl (C=O) groups is 2. The Morgan fingerprint density at radius 2 is 1.85 bits per heavy atom. The van der Waals surface area contributed by atoms with Crippen LogP contribution in [-0.2, 0) is 32.8 Å². The van der Waals surface area contributed by atoms with E-state index in [-0.39, 0.29) is 30.7 Å². The maximum atomic E-state index is 13.4. The number of benzene rings is 2. The third-order valence-electron chi connectivity index (χ3n) is 6.17. The number of hydrogen-bond donors (Lipinski definition) is 1. The van der Waals surface area contributed by atoms with Crippen molar-refractivity contribution in [2.75, 3.05) is 5.32 Å². The van der Waals surface area contributed by atoms with Crippen molar-refractivity contribution >= 4 is 28.9 Å². The molecule has 2 aromatic carbocycles. The third kappa shape index (κ3) is 5.30. The van der Waals surface area contributed by atoms with E-state index in [9.17, 15) is 14.0 Å². The Morgan fingerprint density at radius 3 is 2.58 bits per heavy atom. The number of halogens is 1. The van der Waals surface area contributed by atoms with Gasteiger partial charge in [0.2, 0.25) is 5.91 Å². The van der Waals surface area contributed by atoms with E-state index in [1.165, 1.54) is 23.5 Å². The van der Waals surface area contributed by atoms with Crippen molar-refractivity contribution < 1.29 is 18.7 Å². The van der Waals surface area contributed by atoms with Crippen LogP contribution in [0.4, 0.5) is 10.1 Å². The molecule has 0 saturated heterocycles. The van der Waals surface area contributed by atoms with E-state index in [2.05, 4.69) is 10.3 Å². The summed E-state index contributed by atoms with van der Waals surface area (Å²) in [7, 11) is 0. The summed E-state index contributed by atoms with van der Waals surface area (Å²) in [5.74, 6) is -0.756. The summed E-state index contributed by atoms with van der Waals surface area (Å²) in [6, 6.07) is 12.1. The lowest BCUT2D eigenvalue weighted by Crippen LogP contribution is -2.34. The Bertz CT molecular complexity index is 1150. The molecule has 7 heteroatoms. The highest BCUT2D eigenvalue weighted by atomic mass is 32.1. The van der Waals surface area contributed by atoms with Gasteiger partial charge in [0.1, 0.15) is 17.4 Å². The van der Waals surface area contributed by atoms with Crippen molar-refractivity contribution in [3.05, 3.63) is 81.1 Å². The molecule has 33 heavy (non-hydrogen) atoms. The predicted molar refractivity (Wildman–Crippen MR) is 127 cm³/mol.